The van der Waals surface area contributed by atoms with Crippen molar-refractivity contribution in [2.45, 2.75) is 6.04 Å². The largest absolute Gasteiger partial charge is 0.507 e. The van der Waals surface area contributed by atoms with Crippen molar-refractivity contribution >= 4 is 34.7 Å². The van der Waals surface area contributed by atoms with Crippen LogP contribution < -0.4 is 4.90 Å². The van der Waals surface area contributed by atoms with Gasteiger partial charge in [0.2, 0.25) is 0 Å². The maximum Gasteiger partial charge on any atom is 0.300 e. The maximum atomic E-state index is 12.9. The zero-order chi connectivity index (χ0) is 19.7. The van der Waals surface area contributed by atoms with Crippen LogP contribution in [0, 0.1) is 0 Å². The number of para-hydroxylation sites is 1. The Morgan fingerprint density at radius 2 is 1.39 bits per heavy atom. The second kappa shape index (κ2) is 7.33. The van der Waals surface area contributed by atoms with E-state index in [1.165, 1.54) is 4.90 Å². The lowest BCUT2D eigenvalue weighted by Gasteiger charge is -2.25. The molecule has 5 heteroatoms. The molecule has 1 amide bonds. The SMILES string of the molecule is O=C1C(=O)N(c2ccccc2)C(c2ccccc2)C1=C(O)c1ccc(Cl)cc1. The third kappa shape index (κ3) is 3.08. The predicted octanol–water partition coefficient (Wildman–Crippen LogP) is 4.97. The summed E-state index contributed by atoms with van der Waals surface area (Å²) in [6.07, 6.45) is 0. The number of benzene rings is 3. The van der Waals surface area contributed by atoms with Crippen LogP contribution in [0.4, 0.5) is 5.69 Å². The molecule has 3 aromatic carbocycles. The number of aliphatic hydroxyl groups excluding tert-OH is 1. The summed E-state index contributed by atoms with van der Waals surface area (Å²) in [5.41, 5.74) is 1.81. The van der Waals surface area contributed by atoms with Gasteiger partial charge in [-0.15, -0.1) is 0 Å². The summed E-state index contributed by atoms with van der Waals surface area (Å²) in [4.78, 5) is 27.2. The highest BCUT2D eigenvalue weighted by Crippen LogP contribution is 2.41. The van der Waals surface area contributed by atoms with Crippen molar-refractivity contribution in [3.63, 3.8) is 0 Å². The van der Waals surface area contributed by atoms with Gasteiger partial charge in [-0.2, -0.15) is 0 Å². The molecule has 0 aliphatic carbocycles. The second-order valence-corrected chi connectivity index (χ2v) is 6.86. The van der Waals surface area contributed by atoms with E-state index in [1.807, 2.05) is 36.4 Å². The Bertz CT molecular complexity index is 1060. The molecule has 1 atom stereocenters. The van der Waals surface area contributed by atoms with Crippen LogP contribution in [0.15, 0.2) is 90.5 Å². The van der Waals surface area contributed by atoms with E-state index in [2.05, 4.69) is 0 Å². The van der Waals surface area contributed by atoms with E-state index in [0.717, 1.165) is 5.56 Å². The molecule has 0 bridgehead atoms. The molecule has 1 saturated heterocycles. The minimum Gasteiger partial charge on any atom is -0.507 e. The van der Waals surface area contributed by atoms with E-state index in [-0.39, 0.29) is 11.3 Å². The van der Waals surface area contributed by atoms with E-state index >= 15 is 0 Å². The molecular weight excluding hydrogens is 374 g/mol. The molecule has 0 saturated carbocycles. The molecule has 4 rings (SSSR count). The fraction of sp³-hybridized carbons (Fsp3) is 0.0435. The first-order valence-corrected chi connectivity index (χ1v) is 9.12. The Hall–Kier alpha value is -3.37. The number of nitrogens with zero attached hydrogens (tertiary/aromatic N) is 1. The molecule has 1 fully saturated rings. The zero-order valence-electron chi connectivity index (χ0n) is 14.7. The van der Waals surface area contributed by atoms with E-state index in [4.69, 9.17) is 11.6 Å². The highest BCUT2D eigenvalue weighted by Gasteiger charge is 2.46. The Morgan fingerprint density at radius 3 is 2.00 bits per heavy atom. The van der Waals surface area contributed by atoms with Crippen LogP contribution in [0.5, 0.6) is 0 Å². The average molecular weight is 390 g/mol. The number of amides is 1. The van der Waals surface area contributed by atoms with Crippen molar-refractivity contribution in [3.05, 3.63) is 107 Å². The fourth-order valence-corrected chi connectivity index (χ4v) is 3.53. The van der Waals surface area contributed by atoms with Gasteiger partial charge in [-0.05, 0) is 42.0 Å². The fourth-order valence-electron chi connectivity index (χ4n) is 3.40. The van der Waals surface area contributed by atoms with Crippen molar-refractivity contribution in [3.8, 4) is 0 Å². The molecule has 1 N–H and O–H groups in total. The third-order valence-corrected chi connectivity index (χ3v) is 4.96. The van der Waals surface area contributed by atoms with Gasteiger partial charge in [0.25, 0.3) is 11.7 Å². The summed E-state index contributed by atoms with van der Waals surface area (Å²) >= 11 is 5.93. The molecule has 0 aromatic heterocycles. The predicted molar refractivity (Wildman–Crippen MR) is 109 cm³/mol. The molecule has 138 valence electrons. The summed E-state index contributed by atoms with van der Waals surface area (Å²) in [5, 5.41) is 11.4. The molecule has 28 heavy (non-hydrogen) atoms. The lowest BCUT2D eigenvalue weighted by molar-refractivity contribution is -0.132. The van der Waals surface area contributed by atoms with Gasteiger partial charge in [0.05, 0.1) is 11.6 Å². The van der Waals surface area contributed by atoms with E-state index in [1.54, 1.807) is 48.5 Å². The third-order valence-electron chi connectivity index (χ3n) is 4.71. The monoisotopic (exact) mass is 389 g/mol. The van der Waals surface area contributed by atoms with E-state index < -0.39 is 17.7 Å². The molecule has 4 nitrogen and oxygen atoms in total. The number of rotatable bonds is 3. The standard InChI is InChI=1S/C23H16ClNO3/c24-17-13-11-16(12-14-17)21(26)19-20(15-7-3-1-4-8-15)25(23(28)22(19)27)18-9-5-2-6-10-18/h1-14,20,26H. The summed E-state index contributed by atoms with van der Waals surface area (Å²) in [7, 11) is 0. The Labute approximate surface area is 167 Å². The number of Topliss-reactive ketones (excluding diaryl/α,β-unsaturated/α-hetero) is 1. The van der Waals surface area contributed by atoms with Crippen LogP contribution in [-0.2, 0) is 9.59 Å². The van der Waals surface area contributed by atoms with Gasteiger partial charge < -0.3 is 5.11 Å². The van der Waals surface area contributed by atoms with Gasteiger partial charge >= 0.3 is 0 Å². The first kappa shape index (κ1) is 18.0. The first-order chi connectivity index (χ1) is 13.6. The van der Waals surface area contributed by atoms with Gasteiger partial charge in [0.15, 0.2) is 0 Å². The van der Waals surface area contributed by atoms with Crippen LogP contribution in [0.25, 0.3) is 5.76 Å². The van der Waals surface area contributed by atoms with Crippen molar-refractivity contribution in [1.29, 1.82) is 0 Å². The average Bonchev–Trinajstić information content (AvgIpc) is 3.00. The topological polar surface area (TPSA) is 57.6 Å². The number of anilines is 1. The summed E-state index contributed by atoms with van der Waals surface area (Å²) in [6, 6.07) is 23.9. The van der Waals surface area contributed by atoms with Crippen molar-refractivity contribution < 1.29 is 14.7 Å². The van der Waals surface area contributed by atoms with E-state index in [0.29, 0.717) is 16.3 Å². The minimum absolute atomic E-state index is 0.0578. The molecule has 1 unspecified atom stereocenters. The normalized spacial score (nSPS) is 18.5. The Kier molecular flexibility index (Phi) is 4.72. The van der Waals surface area contributed by atoms with Crippen LogP contribution in [-0.4, -0.2) is 16.8 Å². The van der Waals surface area contributed by atoms with Crippen LogP contribution in [0.2, 0.25) is 5.02 Å². The number of halogens is 1. The van der Waals surface area contributed by atoms with Crippen molar-refractivity contribution in [1.82, 2.24) is 0 Å². The molecule has 1 aliphatic heterocycles. The Balaban J connectivity index is 1.94. The van der Waals surface area contributed by atoms with Crippen molar-refractivity contribution in [2.24, 2.45) is 0 Å². The second-order valence-electron chi connectivity index (χ2n) is 6.42. The highest BCUT2D eigenvalue weighted by atomic mass is 35.5. The molecule has 0 radical (unpaired) electrons. The molecule has 0 spiro atoms. The van der Waals surface area contributed by atoms with Crippen LogP contribution in [0.3, 0.4) is 0 Å². The summed E-state index contributed by atoms with van der Waals surface area (Å²) in [5.74, 6) is -1.61. The quantitative estimate of drug-likeness (QED) is 0.391. The van der Waals surface area contributed by atoms with Gasteiger partial charge in [0, 0.05) is 16.3 Å². The number of hydrogen-bond acceptors (Lipinski definition) is 3. The van der Waals surface area contributed by atoms with Crippen LogP contribution in [0.1, 0.15) is 17.2 Å². The summed E-state index contributed by atoms with van der Waals surface area (Å²) < 4.78 is 0. The number of carbonyl (C=O) groups is 2. The molecule has 3 aromatic rings. The lowest BCUT2D eigenvalue weighted by atomic mass is 9.95. The Morgan fingerprint density at radius 1 is 0.821 bits per heavy atom. The number of aliphatic hydroxyl groups is 1. The maximum absolute atomic E-state index is 12.9. The highest BCUT2D eigenvalue weighted by molar-refractivity contribution is 6.51. The van der Waals surface area contributed by atoms with Gasteiger partial charge in [-0.3, -0.25) is 14.5 Å². The molecule has 1 aliphatic rings. The number of ketones is 1. The molecule has 1 heterocycles. The molecular formula is C23H16ClNO3. The van der Waals surface area contributed by atoms with E-state index in [9.17, 15) is 14.7 Å². The minimum atomic E-state index is -0.723. The van der Waals surface area contributed by atoms with Gasteiger partial charge in [-0.25, -0.2) is 0 Å². The van der Waals surface area contributed by atoms with Gasteiger partial charge in [-0.1, -0.05) is 60.1 Å². The zero-order valence-corrected chi connectivity index (χ0v) is 15.5. The number of hydrogen-bond donors (Lipinski definition) is 1. The van der Waals surface area contributed by atoms with Gasteiger partial charge in [0.1, 0.15) is 5.76 Å². The van der Waals surface area contributed by atoms with Crippen LogP contribution >= 0.6 is 11.6 Å². The summed E-state index contributed by atoms with van der Waals surface area (Å²) in [6.45, 7) is 0. The first-order valence-electron chi connectivity index (χ1n) is 8.75. The number of carbonyl (C=O) groups excluding carboxylic acids is 2. The lowest BCUT2D eigenvalue weighted by Crippen LogP contribution is -2.29. The smallest absolute Gasteiger partial charge is 0.300 e. The van der Waals surface area contributed by atoms with Crippen molar-refractivity contribution in [2.75, 3.05) is 4.90 Å².